The molecule has 2 aromatic rings. The second-order valence-electron chi connectivity index (χ2n) is 5.99. The Morgan fingerprint density at radius 1 is 1.36 bits per heavy atom. The molecule has 5 nitrogen and oxygen atoms in total. The van der Waals surface area contributed by atoms with Gasteiger partial charge in [0.15, 0.2) is 0 Å². The second-order valence-corrected chi connectivity index (χ2v) is 6.40. The molecule has 0 aliphatic carbocycles. The Balaban J connectivity index is 1.49. The quantitative estimate of drug-likeness (QED) is 0.895. The lowest BCUT2D eigenvalue weighted by atomic mass is 9.96. The highest BCUT2D eigenvalue weighted by atomic mass is 35.5. The Bertz CT molecular complexity index is 714. The fourth-order valence-electron chi connectivity index (χ4n) is 3.48. The zero-order valence-electron chi connectivity index (χ0n) is 12.0. The number of benzene rings is 1. The summed E-state index contributed by atoms with van der Waals surface area (Å²) in [5.41, 5.74) is 1.72. The molecular weight excluding hydrogens is 300 g/mol. The van der Waals surface area contributed by atoms with Crippen LogP contribution in [0, 0.1) is 0 Å². The van der Waals surface area contributed by atoms with Gasteiger partial charge < -0.3 is 10.6 Å². The first-order chi connectivity index (χ1) is 10.7. The average Bonchev–Trinajstić information content (AvgIpc) is 3.24. The van der Waals surface area contributed by atoms with Gasteiger partial charge in [-0.1, -0.05) is 29.8 Å². The molecule has 2 fully saturated rings. The normalized spacial score (nSPS) is 26.3. The Kier molecular flexibility index (Phi) is 3.39. The molecule has 2 aliphatic heterocycles. The molecule has 6 heteroatoms. The molecule has 0 spiro atoms. The van der Waals surface area contributed by atoms with Crippen molar-refractivity contribution in [3.8, 4) is 11.1 Å². The van der Waals surface area contributed by atoms with Crippen LogP contribution in [0.15, 0.2) is 36.7 Å². The van der Waals surface area contributed by atoms with E-state index in [1.165, 1.54) is 11.1 Å². The van der Waals surface area contributed by atoms with Crippen LogP contribution in [-0.2, 0) is 0 Å². The highest BCUT2D eigenvalue weighted by Crippen LogP contribution is 2.29. The minimum Gasteiger partial charge on any atom is -0.332 e. The number of fused-ring (bicyclic) bond motifs is 2. The molecule has 2 aliphatic rings. The summed E-state index contributed by atoms with van der Waals surface area (Å²) in [6.45, 7) is 0. The third kappa shape index (κ3) is 2.40. The summed E-state index contributed by atoms with van der Waals surface area (Å²) in [4.78, 5) is 12.3. The number of nitrogens with one attached hydrogen (secondary N) is 2. The first kappa shape index (κ1) is 13.8. The van der Waals surface area contributed by atoms with Crippen molar-refractivity contribution in [2.45, 2.75) is 37.4 Å². The summed E-state index contributed by atoms with van der Waals surface area (Å²) < 4.78 is 1.35. The van der Waals surface area contributed by atoms with Crippen LogP contribution < -0.4 is 10.6 Å². The summed E-state index contributed by atoms with van der Waals surface area (Å²) in [6.07, 6.45) is 6.75. The van der Waals surface area contributed by atoms with Crippen molar-refractivity contribution in [3.63, 3.8) is 0 Å². The Hall–Kier alpha value is -1.85. The number of carbonyl (C=O) groups is 1. The Labute approximate surface area is 133 Å². The Morgan fingerprint density at radius 2 is 2.23 bits per heavy atom. The first-order valence-electron chi connectivity index (χ1n) is 7.57. The molecule has 3 heterocycles. The summed E-state index contributed by atoms with van der Waals surface area (Å²) >= 11 is 6.18. The second kappa shape index (κ2) is 5.41. The summed E-state index contributed by atoms with van der Waals surface area (Å²) in [7, 11) is 0. The molecule has 2 saturated heterocycles. The molecule has 3 unspecified atom stereocenters. The van der Waals surface area contributed by atoms with Gasteiger partial charge in [-0.3, -0.25) is 0 Å². The molecule has 3 atom stereocenters. The number of carbonyl (C=O) groups excluding carboxylic acids is 1. The maximum Gasteiger partial charge on any atom is 0.342 e. The fraction of sp³-hybridized carbons (Fsp3) is 0.375. The number of halogens is 1. The minimum atomic E-state index is -0.183. The number of hydrogen-bond donors (Lipinski definition) is 2. The van der Waals surface area contributed by atoms with Crippen LogP contribution in [0.25, 0.3) is 11.1 Å². The van der Waals surface area contributed by atoms with Crippen molar-refractivity contribution >= 4 is 17.6 Å². The van der Waals surface area contributed by atoms with E-state index in [2.05, 4.69) is 15.7 Å². The number of rotatable bonds is 2. The van der Waals surface area contributed by atoms with Gasteiger partial charge in [-0.25, -0.2) is 4.79 Å². The van der Waals surface area contributed by atoms with Gasteiger partial charge in [-0.05, 0) is 25.3 Å². The number of aromatic nitrogens is 2. The lowest BCUT2D eigenvalue weighted by molar-refractivity contribution is 0.233. The van der Waals surface area contributed by atoms with Crippen LogP contribution in [-0.4, -0.2) is 33.9 Å². The maximum absolute atomic E-state index is 12.3. The van der Waals surface area contributed by atoms with Gasteiger partial charge in [0.05, 0.1) is 6.20 Å². The van der Waals surface area contributed by atoms with Crippen molar-refractivity contribution in [2.24, 2.45) is 0 Å². The van der Waals surface area contributed by atoms with Crippen LogP contribution >= 0.6 is 11.6 Å². The molecule has 4 rings (SSSR count). The first-order valence-corrected chi connectivity index (χ1v) is 7.95. The van der Waals surface area contributed by atoms with E-state index in [4.69, 9.17) is 11.6 Å². The largest absolute Gasteiger partial charge is 0.342 e. The smallest absolute Gasteiger partial charge is 0.332 e. The molecule has 2 N–H and O–H groups in total. The van der Waals surface area contributed by atoms with Gasteiger partial charge in [0.25, 0.3) is 0 Å². The fourth-order valence-corrected chi connectivity index (χ4v) is 3.72. The van der Waals surface area contributed by atoms with Crippen molar-refractivity contribution in [1.29, 1.82) is 0 Å². The van der Waals surface area contributed by atoms with E-state index in [0.717, 1.165) is 24.0 Å². The van der Waals surface area contributed by atoms with Gasteiger partial charge in [-0.15, -0.1) is 0 Å². The zero-order valence-corrected chi connectivity index (χ0v) is 12.8. The van der Waals surface area contributed by atoms with Crippen LogP contribution in [0.2, 0.25) is 5.02 Å². The predicted octanol–water partition coefficient (Wildman–Crippen LogP) is 2.65. The standard InChI is InChI=1S/C16H17ClN4O/c17-13-4-2-1-3-12(13)10-8-18-21(9-10)16(22)20-15-7-11-5-6-14(15)19-11/h1-4,8-9,11,14-15,19H,5-7H2,(H,20,22). The molecule has 1 aromatic carbocycles. The lowest BCUT2D eigenvalue weighted by Crippen LogP contribution is -2.44. The van der Waals surface area contributed by atoms with Gasteiger partial charge >= 0.3 is 6.03 Å². The van der Waals surface area contributed by atoms with E-state index < -0.39 is 0 Å². The van der Waals surface area contributed by atoms with Gasteiger partial charge in [0.2, 0.25) is 0 Å². The van der Waals surface area contributed by atoms with E-state index in [0.29, 0.717) is 17.1 Å². The SMILES string of the molecule is O=C(NC1CC2CCC1N2)n1cc(-c2ccccc2Cl)cn1. The highest BCUT2D eigenvalue weighted by Gasteiger charge is 2.39. The van der Waals surface area contributed by atoms with E-state index in [1.807, 2.05) is 24.3 Å². The Morgan fingerprint density at radius 3 is 2.95 bits per heavy atom. The molecule has 1 aromatic heterocycles. The average molecular weight is 317 g/mol. The summed E-state index contributed by atoms with van der Waals surface area (Å²) in [5, 5.41) is 11.4. The van der Waals surface area contributed by atoms with Crippen molar-refractivity contribution in [2.75, 3.05) is 0 Å². The summed E-state index contributed by atoms with van der Waals surface area (Å²) in [6, 6.07) is 8.54. The topological polar surface area (TPSA) is 59.0 Å². The van der Waals surface area contributed by atoms with Crippen LogP contribution in [0.5, 0.6) is 0 Å². The zero-order chi connectivity index (χ0) is 15.1. The predicted molar refractivity (Wildman–Crippen MR) is 85.0 cm³/mol. The molecule has 0 saturated carbocycles. The van der Waals surface area contributed by atoms with E-state index >= 15 is 0 Å². The van der Waals surface area contributed by atoms with Gasteiger partial charge in [0, 0.05) is 40.5 Å². The van der Waals surface area contributed by atoms with Crippen molar-refractivity contribution in [3.05, 3.63) is 41.7 Å². The molecule has 22 heavy (non-hydrogen) atoms. The molecule has 2 bridgehead atoms. The van der Waals surface area contributed by atoms with Crippen LogP contribution in [0.1, 0.15) is 19.3 Å². The van der Waals surface area contributed by atoms with Crippen molar-refractivity contribution in [1.82, 2.24) is 20.4 Å². The summed E-state index contributed by atoms with van der Waals surface area (Å²) in [5.74, 6) is 0. The number of hydrogen-bond acceptors (Lipinski definition) is 3. The van der Waals surface area contributed by atoms with E-state index in [9.17, 15) is 4.79 Å². The van der Waals surface area contributed by atoms with E-state index in [-0.39, 0.29) is 12.1 Å². The third-order valence-corrected chi connectivity index (χ3v) is 4.91. The monoisotopic (exact) mass is 316 g/mol. The van der Waals surface area contributed by atoms with E-state index in [1.54, 1.807) is 12.4 Å². The van der Waals surface area contributed by atoms with Crippen LogP contribution in [0.3, 0.4) is 0 Å². The number of nitrogens with zero attached hydrogens (tertiary/aromatic N) is 2. The molecule has 0 radical (unpaired) electrons. The molecular formula is C16H17ClN4O. The lowest BCUT2D eigenvalue weighted by Gasteiger charge is -2.21. The highest BCUT2D eigenvalue weighted by molar-refractivity contribution is 6.33. The third-order valence-electron chi connectivity index (χ3n) is 4.58. The van der Waals surface area contributed by atoms with Gasteiger partial charge in [0.1, 0.15) is 0 Å². The number of amides is 1. The van der Waals surface area contributed by atoms with Crippen LogP contribution in [0.4, 0.5) is 4.79 Å². The minimum absolute atomic E-state index is 0.183. The van der Waals surface area contributed by atoms with Crippen molar-refractivity contribution < 1.29 is 4.79 Å². The molecule has 1 amide bonds. The van der Waals surface area contributed by atoms with Gasteiger partial charge in [-0.2, -0.15) is 9.78 Å². The molecule has 114 valence electrons. The maximum atomic E-state index is 12.3.